The van der Waals surface area contributed by atoms with Gasteiger partial charge in [0, 0.05) is 24.5 Å². The monoisotopic (exact) mass is 326 g/mol. The van der Waals surface area contributed by atoms with Crippen LogP contribution in [0.4, 0.5) is 0 Å². The average molecular weight is 327 g/mol. The van der Waals surface area contributed by atoms with Crippen LogP contribution in [0.3, 0.4) is 0 Å². The smallest absolute Gasteiger partial charge is 0.251 e. The third kappa shape index (κ3) is 4.92. The molecular formula is C15H16Cl2N2O2. The SMILES string of the molecule is COc1ccc(CCNC(=O)c2ccncc2)cc1Cl.Cl. The molecule has 0 saturated heterocycles. The van der Waals surface area contributed by atoms with Crippen LogP contribution in [0.5, 0.6) is 5.75 Å². The van der Waals surface area contributed by atoms with Crippen LogP contribution in [-0.2, 0) is 6.42 Å². The summed E-state index contributed by atoms with van der Waals surface area (Å²) >= 11 is 6.05. The third-order valence-electron chi connectivity index (χ3n) is 2.86. The minimum absolute atomic E-state index is 0. The van der Waals surface area contributed by atoms with E-state index in [1.165, 1.54) is 0 Å². The lowest BCUT2D eigenvalue weighted by Gasteiger charge is -2.07. The Bertz CT molecular complexity index is 591. The Labute approximate surface area is 134 Å². The van der Waals surface area contributed by atoms with E-state index in [4.69, 9.17) is 16.3 Å². The summed E-state index contributed by atoms with van der Waals surface area (Å²) in [4.78, 5) is 15.7. The molecule has 2 rings (SSSR count). The van der Waals surface area contributed by atoms with Gasteiger partial charge in [-0.1, -0.05) is 17.7 Å². The number of carbonyl (C=O) groups is 1. The first-order valence-electron chi connectivity index (χ1n) is 6.21. The van der Waals surface area contributed by atoms with Crippen molar-refractivity contribution in [3.8, 4) is 5.75 Å². The Balaban J connectivity index is 0.00000220. The third-order valence-corrected chi connectivity index (χ3v) is 3.15. The zero-order valence-corrected chi connectivity index (χ0v) is 13.1. The Kier molecular flexibility index (Phi) is 6.99. The van der Waals surface area contributed by atoms with Gasteiger partial charge in [-0.25, -0.2) is 0 Å². The first-order valence-corrected chi connectivity index (χ1v) is 6.59. The number of methoxy groups -OCH3 is 1. The molecule has 4 nitrogen and oxygen atoms in total. The molecule has 6 heteroatoms. The van der Waals surface area contributed by atoms with Crippen LogP contribution in [-0.4, -0.2) is 24.5 Å². The molecule has 0 aliphatic carbocycles. The fourth-order valence-electron chi connectivity index (χ4n) is 1.79. The number of pyridine rings is 1. The van der Waals surface area contributed by atoms with Gasteiger partial charge in [-0.15, -0.1) is 12.4 Å². The van der Waals surface area contributed by atoms with E-state index >= 15 is 0 Å². The van der Waals surface area contributed by atoms with Crippen molar-refractivity contribution in [2.45, 2.75) is 6.42 Å². The zero-order chi connectivity index (χ0) is 14.4. The van der Waals surface area contributed by atoms with Crippen LogP contribution in [0, 0.1) is 0 Å². The number of nitrogens with one attached hydrogen (secondary N) is 1. The van der Waals surface area contributed by atoms with Crippen molar-refractivity contribution in [2.75, 3.05) is 13.7 Å². The number of hydrogen-bond acceptors (Lipinski definition) is 3. The van der Waals surface area contributed by atoms with Crippen LogP contribution < -0.4 is 10.1 Å². The molecule has 2 aromatic rings. The number of amides is 1. The summed E-state index contributed by atoms with van der Waals surface area (Å²) in [5.41, 5.74) is 1.65. The Morgan fingerprint density at radius 2 is 2.00 bits per heavy atom. The molecule has 0 bridgehead atoms. The van der Waals surface area contributed by atoms with Crippen LogP contribution in [0.25, 0.3) is 0 Å². The fraction of sp³-hybridized carbons (Fsp3) is 0.200. The maximum absolute atomic E-state index is 11.8. The molecule has 1 aromatic carbocycles. The lowest BCUT2D eigenvalue weighted by molar-refractivity contribution is 0.0954. The van der Waals surface area contributed by atoms with Gasteiger partial charge in [0.15, 0.2) is 0 Å². The van der Waals surface area contributed by atoms with Gasteiger partial charge in [0.25, 0.3) is 5.91 Å². The molecule has 0 aliphatic heterocycles. The Morgan fingerprint density at radius 3 is 2.62 bits per heavy atom. The zero-order valence-electron chi connectivity index (χ0n) is 11.5. The minimum Gasteiger partial charge on any atom is -0.495 e. The van der Waals surface area contributed by atoms with E-state index in [0.717, 1.165) is 5.56 Å². The molecule has 21 heavy (non-hydrogen) atoms. The van der Waals surface area contributed by atoms with Crippen molar-refractivity contribution in [1.29, 1.82) is 0 Å². The average Bonchev–Trinajstić information content (AvgIpc) is 2.48. The number of carbonyl (C=O) groups excluding carboxylic acids is 1. The summed E-state index contributed by atoms with van der Waals surface area (Å²) in [6.45, 7) is 0.545. The molecule has 0 saturated carbocycles. The molecule has 0 atom stereocenters. The van der Waals surface area contributed by atoms with E-state index in [2.05, 4.69) is 10.3 Å². The van der Waals surface area contributed by atoms with E-state index < -0.39 is 0 Å². The van der Waals surface area contributed by atoms with Crippen molar-refractivity contribution in [3.63, 3.8) is 0 Å². The summed E-state index contributed by atoms with van der Waals surface area (Å²) < 4.78 is 5.09. The molecule has 1 amide bonds. The first kappa shape index (κ1) is 17.3. The summed E-state index contributed by atoms with van der Waals surface area (Å²) in [7, 11) is 1.58. The predicted octanol–water partition coefficient (Wildman–Crippen LogP) is 3.14. The molecule has 1 aromatic heterocycles. The van der Waals surface area contributed by atoms with Gasteiger partial charge < -0.3 is 10.1 Å². The summed E-state index contributed by atoms with van der Waals surface area (Å²) in [6, 6.07) is 8.96. The molecule has 1 heterocycles. The summed E-state index contributed by atoms with van der Waals surface area (Å²) in [5, 5.41) is 3.43. The number of nitrogens with zero attached hydrogens (tertiary/aromatic N) is 1. The van der Waals surface area contributed by atoms with E-state index in [-0.39, 0.29) is 18.3 Å². The van der Waals surface area contributed by atoms with Gasteiger partial charge in [0.1, 0.15) is 5.75 Å². The minimum atomic E-state index is -0.105. The predicted molar refractivity (Wildman–Crippen MR) is 85.5 cm³/mol. The van der Waals surface area contributed by atoms with Gasteiger partial charge in [0.05, 0.1) is 12.1 Å². The molecule has 1 N–H and O–H groups in total. The second-order valence-corrected chi connectivity index (χ2v) is 4.62. The van der Waals surface area contributed by atoms with E-state index in [1.54, 1.807) is 31.6 Å². The van der Waals surface area contributed by atoms with Gasteiger partial charge in [-0.2, -0.15) is 0 Å². The van der Waals surface area contributed by atoms with Crippen LogP contribution in [0.1, 0.15) is 15.9 Å². The largest absolute Gasteiger partial charge is 0.495 e. The van der Waals surface area contributed by atoms with E-state index in [1.807, 2.05) is 18.2 Å². The van der Waals surface area contributed by atoms with Gasteiger partial charge in [-0.3, -0.25) is 9.78 Å². The highest BCUT2D eigenvalue weighted by Gasteiger charge is 2.05. The second-order valence-electron chi connectivity index (χ2n) is 4.21. The van der Waals surface area contributed by atoms with Crippen molar-refractivity contribution >= 4 is 29.9 Å². The van der Waals surface area contributed by atoms with Crippen molar-refractivity contribution < 1.29 is 9.53 Å². The number of benzene rings is 1. The van der Waals surface area contributed by atoms with Crippen molar-refractivity contribution in [3.05, 3.63) is 58.9 Å². The number of aromatic nitrogens is 1. The topological polar surface area (TPSA) is 51.2 Å². The fourth-order valence-corrected chi connectivity index (χ4v) is 2.07. The quantitative estimate of drug-likeness (QED) is 0.918. The van der Waals surface area contributed by atoms with Gasteiger partial charge in [-0.05, 0) is 36.2 Å². The molecule has 0 unspecified atom stereocenters. The number of halogens is 2. The standard InChI is InChI=1S/C15H15ClN2O2.ClH/c1-20-14-3-2-11(10-13(14)16)4-9-18-15(19)12-5-7-17-8-6-12;/h2-3,5-8,10H,4,9H2,1H3,(H,18,19);1H. The van der Waals surface area contributed by atoms with Gasteiger partial charge in [0.2, 0.25) is 0 Å². The lowest BCUT2D eigenvalue weighted by Crippen LogP contribution is -2.25. The first-order chi connectivity index (χ1) is 9.70. The number of hydrogen-bond donors (Lipinski definition) is 1. The highest BCUT2D eigenvalue weighted by atomic mass is 35.5. The molecule has 112 valence electrons. The maximum Gasteiger partial charge on any atom is 0.251 e. The summed E-state index contributed by atoms with van der Waals surface area (Å²) in [5.74, 6) is 0.545. The maximum atomic E-state index is 11.8. The van der Waals surface area contributed by atoms with Crippen molar-refractivity contribution in [2.24, 2.45) is 0 Å². The van der Waals surface area contributed by atoms with Crippen LogP contribution in [0.15, 0.2) is 42.7 Å². The highest BCUT2D eigenvalue weighted by Crippen LogP contribution is 2.24. The van der Waals surface area contributed by atoms with Gasteiger partial charge >= 0.3 is 0 Å². The highest BCUT2D eigenvalue weighted by molar-refractivity contribution is 6.32. The lowest BCUT2D eigenvalue weighted by atomic mass is 10.1. The molecule has 0 fully saturated rings. The second kappa shape index (κ2) is 8.49. The number of ether oxygens (including phenoxy) is 1. The van der Waals surface area contributed by atoms with Crippen molar-refractivity contribution in [1.82, 2.24) is 10.3 Å². The van der Waals surface area contributed by atoms with Crippen LogP contribution >= 0.6 is 24.0 Å². The molecular weight excluding hydrogens is 311 g/mol. The van der Waals surface area contributed by atoms with Crippen LogP contribution in [0.2, 0.25) is 5.02 Å². The molecule has 0 aliphatic rings. The molecule has 0 radical (unpaired) electrons. The normalized spacial score (nSPS) is 9.62. The van der Waals surface area contributed by atoms with E-state index in [9.17, 15) is 4.79 Å². The Hall–Kier alpha value is -1.78. The number of rotatable bonds is 5. The Morgan fingerprint density at radius 1 is 1.29 bits per heavy atom. The molecule has 0 spiro atoms. The van der Waals surface area contributed by atoms with E-state index in [0.29, 0.717) is 29.3 Å². The summed E-state index contributed by atoms with van der Waals surface area (Å²) in [6.07, 6.45) is 3.90.